The summed E-state index contributed by atoms with van der Waals surface area (Å²) < 4.78 is 35.8. The predicted octanol–water partition coefficient (Wildman–Crippen LogP) is 5.54. The van der Waals surface area contributed by atoms with E-state index in [9.17, 15) is 29.4 Å². The highest BCUT2D eigenvalue weighted by atomic mass is 16.7. The summed E-state index contributed by atoms with van der Waals surface area (Å²) in [5, 5.41) is 25.1. The summed E-state index contributed by atoms with van der Waals surface area (Å²) in [4.78, 5) is 58.2. The molecule has 14 rings (SSSR count). The number of fused-ring (bicyclic) bond motifs is 4. The summed E-state index contributed by atoms with van der Waals surface area (Å²) in [6.07, 6.45) is 7.43. The Hall–Kier alpha value is -4.24. The number of hydrogen-bond acceptors (Lipinski definition) is 14. The quantitative estimate of drug-likeness (QED) is 0.173. The van der Waals surface area contributed by atoms with Crippen LogP contribution in [0.3, 0.4) is 0 Å². The first-order valence-corrected chi connectivity index (χ1v) is 24.2. The van der Waals surface area contributed by atoms with Crippen molar-refractivity contribution in [3.05, 3.63) is 46.5 Å². The van der Waals surface area contributed by atoms with Crippen molar-refractivity contribution in [1.29, 1.82) is 0 Å². The predicted molar refractivity (Wildman–Crippen MR) is 223 cm³/mol. The van der Waals surface area contributed by atoms with Gasteiger partial charge in [0.2, 0.25) is 0 Å². The summed E-state index contributed by atoms with van der Waals surface area (Å²) in [6, 6.07) is 7.34. The number of ether oxygens (including phenoxy) is 6. The maximum absolute atomic E-state index is 13.6. The van der Waals surface area contributed by atoms with E-state index in [4.69, 9.17) is 28.4 Å². The summed E-state index contributed by atoms with van der Waals surface area (Å²) in [5.74, 6) is 3.05. The molecule has 8 aliphatic carbocycles. The molecule has 338 valence electrons. The van der Waals surface area contributed by atoms with E-state index >= 15 is 0 Å². The van der Waals surface area contributed by atoms with Gasteiger partial charge in [0.25, 0.3) is 0 Å². The highest BCUT2D eigenvalue weighted by molar-refractivity contribution is 5.92. The molecule has 64 heavy (non-hydrogen) atoms. The standard InChI is InChI=1S/C50H56N2O12/c1-25-2-12-34(38-36(25)46-18-30-21-51(19-26-3-4-26)40(30)49(46,57)16-14-32(53)41(46)63-38)61-44(55)59-22-28-7-9-29(10-8-28)23-60-45(56)62-35-13-11-31-37-39(35)64-42-33(54)15-17-50(58)43-48(31,24-47(37,42)50)52(43)20-27-5-6-27/h2,11-13,26-30,40-43,57-58H,3-10,14-24H2,1H3/t28?,29?,30?,40?,41-,42-,43?,46-,47-,48?,49+,50+,52?/m0/s1. The van der Waals surface area contributed by atoms with Gasteiger partial charge < -0.3 is 38.6 Å². The molecule has 0 radical (unpaired) electrons. The first kappa shape index (κ1) is 39.0. The average molecular weight is 877 g/mol. The number of rotatable bonds is 10. The number of nitrogens with zero attached hydrogens (tertiary/aromatic N) is 2. The summed E-state index contributed by atoms with van der Waals surface area (Å²) in [7, 11) is 0. The highest BCUT2D eigenvalue weighted by Gasteiger charge is 2.92. The van der Waals surface area contributed by atoms with Crippen LogP contribution in [0.5, 0.6) is 23.0 Å². The van der Waals surface area contributed by atoms with Gasteiger partial charge in [-0.2, -0.15) is 0 Å². The zero-order valence-corrected chi connectivity index (χ0v) is 36.3. The second-order valence-electron chi connectivity index (χ2n) is 22.2. The van der Waals surface area contributed by atoms with Crippen LogP contribution in [-0.4, -0.2) is 112 Å². The van der Waals surface area contributed by atoms with Gasteiger partial charge in [-0.25, -0.2) is 9.59 Å². The summed E-state index contributed by atoms with van der Waals surface area (Å²) in [6.45, 7) is 5.23. The fourth-order valence-corrected chi connectivity index (χ4v) is 16.0. The average Bonchev–Trinajstić information content (AvgIpc) is 4.23. The monoisotopic (exact) mass is 876 g/mol. The number of aliphatic hydroxyl groups is 2. The Balaban J connectivity index is 0.596. The normalized spacial score (nSPS) is 43.1. The molecule has 3 spiro atoms. The SMILES string of the molecule is Cc1ccc(OC(=O)OCC2CCC(COC(=O)Oc3ccc4c5c3O[C@H]3C(=O)CC[C@@]6(O)C7N(CC8CC8)C47C[C@]536)CC2)c2c1[C@]13CC4CN(CC5CC5)C4[C@]1(O)CCC(=O)[C@@H]3O2. The molecule has 11 atom stereocenters. The molecule has 14 nitrogen and oxygen atoms in total. The molecule has 0 aromatic heterocycles. The number of aryl methyl sites for hydroxylation is 1. The third kappa shape index (κ3) is 4.81. The lowest BCUT2D eigenvalue weighted by Gasteiger charge is -2.54. The van der Waals surface area contributed by atoms with Crippen LogP contribution in [0.25, 0.3) is 0 Å². The maximum Gasteiger partial charge on any atom is 0.513 e. The Morgan fingerprint density at radius 3 is 1.92 bits per heavy atom. The molecule has 2 N–H and O–H groups in total. The van der Waals surface area contributed by atoms with E-state index in [1.807, 2.05) is 19.1 Å². The number of Topliss-reactive ketones (excluding diaryl/α,β-unsaturated/α-hetero) is 2. The van der Waals surface area contributed by atoms with Crippen LogP contribution in [0.1, 0.15) is 112 Å². The molecule has 4 heterocycles. The second kappa shape index (κ2) is 12.8. The molecule has 2 bridgehead atoms. The van der Waals surface area contributed by atoms with Crippen LogP contribution in [0.4, 0.5) is 9.59 Å². The van der Waals surface area contributed by atoms with E-state index in [-0.39, 0.29) is 84.5 Å². The largest absolute Gasteiger partial charge is 0.513 e. The molecule has 14 heteroatoms. The van der Waals surface area contributed by atoms with Crippen molar-refractivity contribution in [2.45, 2.75) is 149 Å². The zero-order chi connectivity index (χ0) is 43.3. The Labute approximate surface area is 371 Å². The second-order valence-corrected chi connectivity index (χ2v) is 22.2. The van der Waals surface area contributed by atoms with Crippen LogP contribution in [0, 0.1) is 36.5 Å². The first-order chi connectivity index (χ1) is 30.9. The Kier molecular flexibility index (Phi) is 7.79. The first-order valence-electron chi connectivity index (χ1n) is 24.2. The number of piperidine rings is 1. The van der Waals surface area contributed by atoms with Crippen LogP contribution in [-0.2, 0) is 35.4 Å². The van der Waals surface area contributed by atoms with Gasteiger partial charge in [0.1, 0.15) is 0 Å². The van der Waals surface area contributed by atoms with Gasteiger partial charge in [-0.1, -0.05) is 12.1 Å². The molecule has 2 aromatic carbocycles. The van der Waals surface area contributed by atoms with Crippen molar-refractivity contribution in [3.8, 4) is 23.0 Å². The van der Waals surface area contributed by atoms with Crippen LogP contribution < -0.4 is 18.9 Å². The van der Waals surface area contributed by atoms with E-state index in [1.165, 1.54) is 25.7 Å². The molecular formula is C50H56N2O12. The topological polar surface area (TPSA) is 170 Å². The lowest BCUT2D eigenvalue weighted by Crippen LogP contribution is -2.69. The lowest BCUT2D eigenvalue weighted by atomic mass is 9.58. The number of ketones is 2. The Morgan fingerprint density at radius 2 is 1.28 bits per heavy atom. The van der Waals surface area contributed by atoms with Crippen molar-refractivity contribution < 1.29 is 57.8 Å². The van der Waals surface area contributed by atoms with Crippen molar-refractivity contribution >= 4 is 23.9 Å². The summed E-state index contributed by atoms with van der Waals surface area (Å²) in [5.41, 5.74) is -0.455. The maximum atomic E-state index is 13.6. The van der Waals surface area contributed by atoms with E-state index in [0.717, 1.165) is 67.6 Å². The number of carbonyl (C=O) groups excluding carboxylic acids is 4. The Bertz CT molecular complexity index is 2460. The minimum Gasteiger partial charge on any atom is -0.477 e. The smallest absolute Gasteiger partial charge is 0.477 e. The van der Waals surface area contributed by atoms with Gasteiger partial charge in [0.15, 0.2) is 46.8 Å². The number of benzene rings is 2. The van der Waals surface area contributed by atoms with Gasteiger partial charge in [0.05, 0.1) is 46.8 Å². The molecule has 2 aromatic rings. The highest BCUT2D eigenvalue weighted by Crippen LogP contribution is 2.82. The molecule has 9 fully saturated rings. The van der Waals surface area contributed by atoms with Crippen LogP contribution >= 0.6 is 0 Å². The van der Waals surface area contributed by atoms with E-state index in [1.54, 1.807) is 12.1 Å². The molecule has 5 unspecified atom stereocenters. The third-order valence-electron chi connectivity index (χ3n) is 19.0. The van der Waals surface area contributed by atoms with Crippen molar-refractivity contribution in [2.75, 3.05) is 32.8 Å². The van der Waals surface area contributed by atoms with Crippen LogP contribution in [0.2, 0.25) is 0 Å². The van der Waals surface area contributed by atoms with Gasteiger partial charge >= 0.3 is 12.3 Å². The van der Waals surface area contributed by atoms with Crippen molar-refractivity contribution in [2.24, 2.45) is 29.6 Å². The van der Waals surface area contributed by atoms with Crippen molar-refractivity contribution in [3.63, 3.8) is 0 Å². The van der Waals surface area contributed by atoms with Gasteiger partial charge in [-0.05, 0) is 137 Å². The molecule has 2 saturated heterocycles. The van der Waals surface area contributed by atoms with Crippen molar-refractivity contribution in [1.82, 2.24) is 9.80 Å². The summed E-state index contributed by atoms with van der Waals surface area (Å²) >= 11 is 0. The van der Waals surface area contributed by atoms with E-state index in [0.29, 0.717) is 49.0 Å². The number of likely N-dealkylation sites (tertiary alicyclic amines) is 2. The van der Waals surface area contributed by atoms with E-state index in [2.05, 4.69) is 9.80 Å². The zero-order valence-electron chi connectivity index (χ0n) is 36.3. The molecule has 7 saturated carbocycles. The number of hydrogen-bond donors (Lipinski definition) is 2. The minimum atomic E-state index is -1.11. The van der Waals surface area contributed by atoms with E-state index < -0.39 is 46.6 Å². The fraction of sp³-hybridized carbons (Fsp3) is 0.680. The lowest BCUT2D eigenvalue weighted by molar-refractivity contribution is -0.161. The van der Waals surface area contributed by atoms with Gasteiger partial charge in [0, 0.05) is 49.6 Å². The molecule has 0 amide bonds. The molecular weight excluding hydrogens is 821 g/mol. The van der Waals surface area contributed by atoms with Gasteiger partial charge in [-0.3, -0.25) is 19.4 Å². The van der Waals surface area contributed by atoms with Gasteiger partial charge in [-0.15, -0.1) is 0 Å². The fourth-order valence-electron chi connectivity index (χ4n) is 16.0. The minimum absolute atomic E-state index is 0.00317. The number of carbonyl (C=O) groups is 4. The third-order valence-corrected chi connectivity index (χ3v) is 19.0. The molecule has 4 aliphatic heterocycles. The molecule has 12 aliphatic rings. The Morgan fingerprint density at radius 1 is 0.719 bits per heavy atom. The van der Waals surface area contributed by atoms with Crippen LogP contribution in [0.15, 0.2) is 24.3 Å².